The van der Waals surface area contributed by atoms with Crippen molar-refractivity contribution in [2.75, 3.05) is 5.73 Å². The number of ketones is 1. The van der Waals surface area contributed by atoms with Crippen LogP contribution in [-0.4, -0.2) is 15.3 Å². The Morgan fingerprint density at radius 1 is 1.50 bits per heavy atom. The molecule has 2 aromatic rings. The maximum Gasteiger partial charge on any atom is 0.229 e. The van der Waals surface area contributed by atoms with Crippen LogP contribution in [0.4, 0.5) is 5.69 Å². The van der Waals surface area contributed by atoms with E-state index in [9.17, 15) is 4.79 Å². The quantitative estimate of drug-likeness (QED) is 0.698. The van der Waals surface area contributed by atoms with Gasteiger partial charge >= 0.3 is 0 Å². The van der Waals surface area contributed by atoms with E-state index in [0.29, 0.717) is 17.1 Å². The first-order valence-electron chi connectivity index (χ1n) is 5.74. The number of aryl methyl sites for hydroxylation is 1. The molecule has 0 aliphatic heterocycles. The normalized spacial score (nSPS) is 10.6. The molecule has 0 aliphatic carbocycles. The lowest BCUT2D eigenvalue weighted by molar-refractivity contribution is 0.102. The zero-order valence-electron chi connectivity index (χ0n) is 10.1. The molecule has 0 atom stereocenters. The van der Waals surface area contributed by atoms with E-state index < -0.39 is 0 Å². The third-order valence-electron chi connectivity index (χ3n) is 2.62. The number of anilines is 1. The number of carbonyl (C=O) groups is 1. The van der Waals surface area contributed by atoms with Gasteiger partial charge in [0, 0.05) is 34.7 Å². The molecule has 0 spiro atoms. The summed E-state index contributed by atoms with van der Waals surface area (Å²) in [5.41, 5.74) is 6.82. The number of nitrogens with two attached hydrogens (primary N) is 1. The van der Waals surface area contributed by atoms with Gasteiger partial charge < -0.3 is 10.3 Å². The van der Waals surface area contributed by atoms with Crippen molar-refractivity contribution in [2.24, 2.45) is 0 Å². The van der Waals surface area contributed by atoms with Crippen LogP contribution in [-0.2, 0) is 6.54 Å². The molecule has 2 rings (SSSR count). The van der Waals surface area contributed by atoms with Gasteiger partial charge in [-0.1, -0.05) is 22.9 Å². The summed E-state index contributed by atoms with van der Waals surface area (Å²) >= 11 is 3.37. The van der Waals surface area contributed by atoms with E-state index in [1.165, 1.54) is 0 Å². The number of hydrogen-bond donors (Lipinski definition) is 1. The number of benzene rings is 1. The first kappa shape index (κ1) is 12.8. The van der Waals surface area contributed by atoms with E-state index in [-0.39, 0.29) is 5.78 Å². The average molecular weight is 308 g/mol. The summed E-state index contributed by atoms with van der Waals surface area (Å²) in [4.78, 5) is 16.5. The smallest absolute Gasteiger partial charge is 0.229 e. The van der Waals surface area contributed by atoms with Crippen LogP contribution < -0.4 is 5.73 Å². The van der Waals surface area contributed by atoms with Crippen LogP contribution >= 0.6 is 15.9 Å². The molecule has 0 aliphatic rings. The van der Waals surface area contributed by atoms with Crippen LogP contribution in [0, 0.1) is 0 Å². The summed E-state index contributed by atoms with van der Waals surface area (Å²) in [6.45, 7) is 2.84. The molecular weight excluding hydrogens is 294 g/mol. The maximum absolute atomic E-state index is 12.4. The summed E-state index contributed by atoms with van der Waals surface area (Å²) in [5.74, 6) is 0.329. The van der Waals surface area contributed by atoms with Crippen molar-refractivity contribution < 1.29 is 4.79 Å². The fourth-order valence-corrected chi connectivity index (χ4v) is 2.20. The van der Waals surface area contributed by atoms with Crippen molar-refractivity contribution in [3.05, 3.63) is 46.5 Å². The second-order valence-corrected chi connectivity index (χ2v) is 4.87. The van der Waals surface area contributed by atoms with Gasteiger partial charge in [-0.3, -0.25) is 4.79 Å². The van der Waals surface area contributed by atoms with E-state index in [2.05, 4.69) is 27.8 Å². The van der Waals surface area contributed by atoms with Gasteiger partial charge in [0.25, 0.3) is 0 Å². The highest BCUT2D eigenvalue weighted by Crippen LogP contribution is 2.22. The molecule has 1 aromatic heterocycles. The lowest BCUT2D eigenvalue weighted by atomic mass is 10.1. The maximum atomic E-state index is 12.4. The number of hydrogen-bond acceptors (Lipinski definition) is 3. The van der Waals surface area contributed by atoms with Crippen LogP contribution in [0.25, 0.3) is 0 Å². The predicted octanol–water partition coefficient (Wildman–Crippen LogP) is 2.87. The molecule has 0 saturated heterocycles. The van der Waals surface area contributed by atoms with Crippen molar-refractivity contribution in [1.29, 1.82) is 0 Å². The molecule has 0 radical (unpaired) electrons. The number of aromatic nitrogens is 2. The van der Waals surface area contributed by atoms with E-state index in [1.807, 2.05) is 10.8 Å². The van der Waals surface area contributed by atoms with Crippen molar-refractivity contribution in [3.8, 4) is 0 Å². The minimum atomic E-state index is -0.118. The minimum absolute atomic E-state index is 0.118. The van der Waals surface area contributed by atoms with Crippen LogP contribution in [0.2, 0.25) is 0 Å². The number of rotatable bonds is 4. The fourth-order valence-electron chi connectivity index (χ4n) is 1.78. The Bertz CT molecular complexity index is 577. The predicted molar refractivity (Wildman–Crippen MR) is 74.5 cm³/mol. The Morgan fingerprint density at radius 3 is 3.00 bits per heavy atom. The van der Waals surface area contributed by atoms with Gasteiger partial charge in [-0.15, -0.1) is 0 Å². The van der Waals surface area contributed by atoms with Crippen molar-refractivity contribution in [2.45, 2.75) is 19.9 Å². The van der Waals surface area contributed by atoms with Gasteiger partial charge in [0.1, 0.15) is 0 Å². The first-order chi connectivity index (χ1) is 8.63. The number of nitrogens with zero attached hydrogens (tertiary/aromatic N) is 2. The number of carbonyl (C=O) groups excluding carboxylic acids is 1. The number of nitrogen functional groups attached to an aromatic ring is 1. The van der Waals surface area contributed by atoms with E-state index in [4.69, 9.17) is 5.73 Å². The molecule has 4 nitrogen and oxygen atoms in total. The largest absolute Gasteiger partial charge is 0.399 e. The topological polar surface area (TPSA) is 60.9 Å². The lowest BCUT2D eigenvalue weighted by Gasteiger charge is -2.07. The van der Waals surface area contributed by atoms with Crippen LogP contribution in [0.5, 0.6) is 0 Å². The summed E-state index contributed by atoms with van der Waals surface area (Å²) < 4.78 is 2.59. The van der Waals surface area contributed by atoms with Gasteiger partial charge in [-0.05, 0) is 24.6 Å². The SMILES string of the molecule is CCCn1ccnc1C(=O)c1cc(N)ccc1Br. The first-order valence-corrected chi connectivity index (χ1v) is 6.53. The standard InChI is InChI=1S/C13H14BrN3O/c1-2-6-17-7-5-16-13(17)12(18)10-8-9(15)3-4-11(10)14/h3-5,7-8H,2,6,15H2,1H3. The second-order valence-electron chi connectivity index (χ2n) is 4.01. The minimum Gasteiger partial charge on any atom is -0.399 e. The Kier molecular flexibility index (Phi) is 3.81. The van der Waals surface area contributed by atoms with E-state index in [1.54, 1.807) is 24.4 Å². The highest BCUT2D eigenvalue weighted by molar-refractivity contribution is 9.10. The van der Waals surface area contributed by atoms with Gasteiger partial charge in [0.05, 0.1) is 0 Å². The third kappa shape index (κ3) is 2.46. The molecule has 94 valence electrons. The van der Waals surface area contributed by atoms with Gasteiger partial charge in [0.2, 0.25) is 5.78 Å². The average Bonchev–Trinajstić information content (AvgIpc) is 2.80. The fraction of sp³-hybridized carbons (Fsp3) is 0.231. The zero-order valence-corrected chi connectivity index (χ0v) is 11.6. The molecule has 0 fully saturated rings. The molecule has 18 heavy (non-hydrogen) atoms. The monoisotopic (exact) mass is 307 g/mol. The van der Waals surface area contributed by atoms with Gasteiger partial charge in [0.15, 0.2) is 5.82 Å². The molecule has 0 bridgehead atoms. The summed E-state index contributed by atoms with van der Waals surface area (Å²) in [6.07, 6.45) is 4.41. The zero-order chi connectivity index (χ0) is 13.1. The van der Waals surface area contributed by atoms with E-state index in [0.717, 1.165) is 17.4 Å². The molecular formula is C13H14BrN3O. The lowest BCUT2D eigenvalue weighted by Crippen LogP contribution is -2.12. The highest BCUT2D eigenvalue weighted by atomic mass is 79.9. The summed E-state index contributed by atoms with van der Waals surface area (Å²) in [6, 6.07) is 5.19. The molecule has 1 aromatic carbocycles. The highest BCUT2D eigenvalue weighted by Gasteiger charge is 2.17. The molecule has 0 amide bonds. The van der Waals surface area contributed by atoms with Crippen LogP contribution in [0.15, 0.2) is 35.1 Å². The van der Waals surface area contributed by atoms with Crippen molar-refractivity contribution in [3.63, 3.8) is 0 Å². The Hall–Kier alpha value is -1.62. The molecule has 1 heterocycles. The van der Waals surface area contributed by atoms with Gasteiger partial charge in [-0.25, -0.2) is 4.98 Å². The third-order valence-corrected chi connectivity index (χ3v) is 3.31. The van der Waals surface area contributed by atoms with Gasteiger partial charge in [-0.2, -0.15) is 0 Å². The Morgan fingerprint density at radius 2 is 2.28 bits per heavy atom. The Balaban J connectivity index is 2.41. The summed E-state index contributed by atoms with van der Waals surface area (Å²) in [7, 11) is 0. The van der Waals surface area contributed by atoms with Crippen molar-refractivity contribution in [1.82, 2.24) is 9.55 Å². The summed E-state index contributed by atoms with van der Waals surface area (Å²) in [5, 5.41) is 0. The molecule has 0 saturated carbocycles. The molecule has 0 unspecified atom stereocenters. The molecule has 2 N–H and O–H groups in total. The number of imidazole rings is 1. The van der Waals surface area contributed by atoms with Crippen molar-refractivity contribution >= 4 is 27.4 Å². The second kappa shape index (κ2) is 5.35. The molecule has 5 heteroatoms. The Labute approximate surface area is 114 Å². The van der Waals surface area contributed by atoms with Crippen LogP contribution in [0.1, 0.15) is 29.5 Å². The van der Waals surface area contributed by atoms with E-state index >= 15 is 0 Å². The van der Waals surface area contributed by atoms with Crippen LogP contribution in [0.3, 0.4) is 0 Å². The number of halogens is 1.